The van der Waals surface area contributed by atoms with Crippen molar-refractivity contribution >= 4 is 21.8 Å². The van der Waals surface area contributed by atoms with Crippen molar-refractivity contribution in [2.24, 2.45) is 0 Å². The molecule has 0 saturated carbocycles. The van der Waals surface area contributed by atoms with Crippen molar-refractivity contribution in [3.63, 3.8) is 0 Å². The maximum atomic E-state index is 13.0. The van der Waals surface area contributed by atoms with Gasteiger partial charge in [0.1, 0.15) is 0 Å². The second-order valence-corrected chi connectivity index (χ2v) is 8.24. The van der Waals surface area contributed by atoms with Crippen LogP contribution in [0.2, 0.25) is 0 Å². The molecule has 3 rings (SSSR count). The molecule has 7 nitrogen and oxygen atoms in total. The zero-order chi connectivity index (χ0) is 18.9. The van der Waals surface area contributed by atoms with Crippen molar-refractivity contribution in [1.29, 1.82) is 0 Å². The molecule has 0 radical (unpaired) electrons. The van der Waals surface area contributed by atoms with Gasteiger partial charge in [0.05, 0.1) is 12.1 Å². The first-order valence-corrected chi connectivity index (χ1v) is 9.49. The lowest BCUT2D eigenvalue weighted by Crippen LogP contribution is -2.58. The van der Waals surface area contributed by atoms with Gasteiger partial charge >= 0.3 is 11.9 Å². The zero-order valence-electron chi connectivity index (χ0n) is 13.5. The van der Waals surface area contributed by atoms with Gasteiger partial charge in [-0.05, 0) is 11.1 Å². The van der Waals surface area contributed by atoms with E-state index in [4.69, 9.17) is 0 Å². The summed E-state index contributed by atoms with van der Waals surface area (Å²) in [5.74, 6) is -3.16. The SMILES string of the molecule is O=C(O)[C@@H]1[C@H](c2ccccc2)N[C@@H](c2ccccc2)[C@@H](C(=O)O)S1(=O)=O. The van der Waals surface area contributed by atoms with Crippen LogP contribution in [0.25, 0.3) is 0 Å². The average molecular weight is 375 g/mol. The number of aliphatic carboxylic acids is 2. The number of carboxylic acid groups (broad SMARTS) is 2. The Labute approximate surface area is 150 Å². The number of rotatable bonds is 4. The van der Waals surface area contributed by atoms with Crippen LogP contribution in [0.15, 0.2) is 60.7 Å². The number of hydrogen-bond acceptors (Lipinski definition) is 5. The summed E-state index contributed by atoms with van der Waals surface area (Å²) in [5, 5.41) is 18.3. The monoisotopic (exact) mass is 375 g/mol. The predicted molar refractivity (Wildman–Crippen MR) is 93.3 cm³/mol. The number of carbonyl (C=O) groups is 2. The highest BCUT2D eigenvalue weighted by atomic mass is 32.2. The smallest absolute Gasteiger partial charge is 0.323 e. The van der Waals surface area contributed by atoms with Crippen molar-refractivity contribution < 1.29 is 28.2 Å². The van der Waals surface area contributed by atoms with E-state index >= 15 is 0 Å². The third-order valence-electron chi connectivity index (χ3n) is 4.48. The fourth-order valence-corrected chi connectivity index (χ4v) is 5.44. The van der Waals surface area contributed by atoms with Crippen LogP contribution >= 0.6 is 0 Å². The van der Waals surface area contributed by atoms with Gasteiger partial charge in [0.15, 0.2) is 20.3 Å². The summed E-state index contributed by atoms with van der Waals surface area (Å²) in [4.78, 5) is 23.5. The summed E-state index contributed by atoms with van der Waals surface area (Å²) in [6, 6.07) is 14.5. The lowest BCUT2D eigenvalue weighted by molar-refractivity contribution is -0.138. The summed E-state index contributed by atoms with van der Waals surface area (Å²) in [6.07, 6.45) is 0. The molecule has 136 valence electrons. The molecule has 4 atom stereocenters. The molecule has 8 heteroatoms. The standard InChI is InChI=1S/C18H17NO6S/c20-17(21)15-13(11-7-3-1-4-8-11)19-14(12-9-5-2-6-10-12)16(18(22)23)26(15,24)25/h1-10,13-16,19H,(H,20,21)(H,22,23)/t13-,14-,15-,16-/m0/s1. The van der Waals surface area contributed by atoms with Gasteiger partial charge < -0.3 is 10.2 Å². The number of carboxylic acids is 2. The summed E-state index contributed by atoms with van der Waals surface area (Å²) in [7, 11) is -4.52. The predicted octanol–water partition coefficient (Wildman–Crippen LogP) is 1.39. The van der Waals surface area contributed by atoms with Gasteiger partial charge in [-0.2, -0.15) is 0 Å². The molecule has 0 spiro atoms. The molecular formula is C18H17NO6S. The molecule has 0 aromatic heterocycles. The summed E-state index contributed by atoms with van der Waals surface area (Å²) >= 11 is 0. The molecule has 0 unspecified atom stereocenters. The molecule has 0 aliphatic carbocycles. The number of hydrogen-bond donors (Lipinski definition) is 3. The minimum Gasteiger partial charge on any atom is -0.480 e. The van der Waals surface area contributed by atoms with Gasteiger partial charge in [0.25, 0.3) is 0 Å². The van der Waals surface area contributed by atoms with Crippen LogP contribution in [0, 0.1) is 0 Å². The zero-order valence-corrected chi connectivity index (χ0v) is 14.3. The molecule has 1 fully saturated rings. The Morgan fingerprint density at radius 1 is 0.731 bits per heavy atom. The minimum absolute atomic E-state index is 0.466. The first-order chi connectivity index (χ1) is 12.3. The fourth-order valence-electron chi connectivity index (χ4n) is 3.33. The van der Waals surface area contributed by atoms with Crippen LogP contribution in [0.3, 0.4) is 0 Å². The van der Waals surface area contributed by atoms with Gasteiger partial charge in [0, 0.05) is 0 Å². The van der Waals surface area contributed by atoms with Crippen molar-refractivity contribution in [3.8, 4) is 0 Å². The van der Waals surface area contributed by atoms with Gasteiger partial charge in [-0.15, -0.1) is 0 Å². The average Bonchev–Trinajstić information content (AvgIpc) is 2.60. The van der Waals surface area contributed by atoms with E-state index < -0.39 is 44.4 Å². The van der Waals surface area contributed by atoms with E-state index in [2.05, 4.69) is 5.32 Å². The molecule has 0 bridgehead atoms. The van der Waals surface area contributed by atoms with E-state index in [0.717, 1.165) is 0 Å². The van der Waals surface area contributed by atoms with Crippen molar-refractivity contribution in [2.45, 2.75) is 22.6 Å². The van der Waals surface area contributed by atoms with E-state index in [1.807, 2.05) is 0 Å². The third-order valence-corrected chi connectivity index (χ3v) is 6.84. The first kappa shape index (κ1) is 18.1. The quantitative estimate of drug-likeness (QED) is 0.738. The molecule has 0 amide bonds. The number of sulfone groups is 1. The van der Waals surface area contributed by atoms with Crippen LogP contribution in [0.1, 0.15) is 23.2 Å². The van der Waals surface area contributed by atoms with Crippen LogP contribution in [0.4, 0.5) is 0 Å². The topological polar surface area (TPSA) is 121 Å². The molecule has 2 aromatic carbocycles. The highest BCUT2D eigenvalue weighted by molar-refractivity contribution is 7.94. The third kappa shape index (κ3) is 3.09. The number of benzene rings is 2. The lowest BCUT2D eigenvalue weighted by atomic mass is 9.97. The maximum absolute atomic E-state index is 13.0. The summed E-state index contributed by atoms with van der Waals surface area (Å²) in [5.41, 5.74) is 0.932. The largest absolute Gasteiger partial charge is 0.480 e. The highest BCUT2D eigenvalue weighted by Crippen LogP contribution is 2.38. The Morgan fingerprint density at radius 2 is 1.08 bits per heavy atom. The van der Waals surface area contributed by atoms with Crippen LogP contribution < -0.4 is 5.32 Å². The van der Waals surface area contributed by atoms with Gasteiger partial charge in [-0.25, -0.2) is 8.42 Å². The van der Waals surface area contributed by atoms with E-state index in [0.29, 0.717) is 11.1 Å². The molecule has 1 aliphatic heterocycles. The van der Waals surface area contributed by atoms with E-state index in [-0.39, 0.29) is 0 Å². The molecule has 1 saturated heterocycles. The van der Waals surface area contributed by atoms with Crippen molar-refractivity contribution in [3.05, 3.63) is 71.8 Å². The molecule has 1 heterocycles. The summed E-state index contributed by atoms with van der Waals surface area (Å²) in [6.45, 7) is 0. The molecule has 3 N–H and O–H groups in total. The van der Waals surface area contributed by atoms with E-state index in [1.54, 1.807) is 60.7 Å². The lowest BCUT2D eigenvalue weighted by Gasteiger charge is -2.39. The summed E-state index contributed by atoms with van der Waals surface area (Å²) < 4.78 is 25.9. The van der Waals surface area contributed by atoms with Crippen molar-refractivity contribution in [2.75, 3.05) is 0 Å². The maximum Gasteiger partial charge on any atom is 0.323 e. The van der Waals surface area contributed by atoms with E-state index in [1.165, 1.54) is 0 Å². The number of nitrogens with one attached hydrogen (secondary N) is 1. The van der Waals surface area contributed by atoms with Gasteiger partial charge in [0.2, 0.25) is 0 Å². The Bertz CT molecular complexity index is 844. The van der Waals surface area contributed by atoms with Crippen LogP contribution in [-0.2, 0) is 19.4 Å². The Morgan fingerprint density at radius 3 is 1.38 bits per heavy atom. The Balaban J connectivity index is 2.18. The van der Waals surface area contributed by atoms with Crippen molar-refractivity contribution in [1.82, 2.24) is 5.32 Å². The van der Waals surface area contributed by atoms with Crippen LogP contribution in [-0.4, -0.2) is 41.1 Å². The highest BCUT2D eigenvalue weighted by Gasteiger charge is 2.55. The fraction of sp³-hybridized carbons (Fsp3) is 0.222. The second-order valence-electron chi connectivity index (χ2n) is 6.05. The van der Waals surface area contributed by atoms with Gasteiger partial charge in [-0.1, -0.05) is 60.7 Å². The second kappa shape index (κ2) is 6.89. The molecule has 1 aliphatic rings. The van der Waals surface area contributed by atoms with E-state index in [9.17, 15) is 28.2 Å². The first-order valence-electron chi connectivity index (χ1n) is 7.88. The Kier molecular flexibility index (Phi) is 4.80. The molecule has 26 heavy (non-hydrogen) atoms. The minimum atomic E-state index is -4.52. The Hall–Kier alpha value is -2.71. The molecule has 2 aromatic rings. The van der Waals surface area contributed by atoms with Crippen LogP contribution in [0.5, 0.6) is 0 Å². The molecular weight excluding hydrogens is 358 g/mol. The van der Waals surface area contributed by atoms with Gasteiger partial charge in [-0.3, -0.25) is 14.9 Å². The normalized spacial score (nSPS) is 27.5.